The fourth-order valence-electron chi connectivity index (χ4n) is 1.49. The Bertz CT molecular complexity index is 739. The van der Waals surface area contributed by atoms with Crippen molar-refractivity contribution in [2.24, 2.45) is 5.84 Å². The van der Waals surface area contributed by atoms with Crippen molar-refractivity contribution >= 4 is 48.9 Å². The van der Waals surface area contributed by atoms with Gasteiger partial charge in [-0.25, -0.2) is 8.42 Å². The molecule has 2 rings (SSSR count). The molecule has 0 aliphatic rings. The van der Waals surface area contributed by atoms with Crippen LogP contribution in [0.4, 0.5) is 11.4 Å². The van der Waals surface area contributed by atoms with Crippen molar-refractivity contribution in [3.63, 3.8) is 0 Å². The van der Waals surface area contributed by atoms with Gasteiger partial charge < -0.3 is 5.43 Å². The van der Waals surface area contributed by atoms with E-state index in [4.69, 9.17) is 17.4 Å². The minimum atomic E-state index is -3.84. The molecule has 0 fully saturated rings. The van der Waals surface area contributed by atoms with Crippen molar-refractivity contribution < 1.29 is 8.42 Å². The molecule has 1 heterocycles. The molecule has 0 spiro atoms. The third-order valence-corrected chi connectivity index (χ3v) is 4.72. The molecule has 4 N–H and O–H groups in total. The Morgan fingerprint density at radius 1 is 1.25 bits per heavy atom. The van der Waals surface area contributed by atoms with Crippen molar-refractivity contribution in [3.05, 3.63) is 46.2 Å². The van der Waals surface area contributed by atoms with E-state index in [2.05, 4.69) is 31.1 Å². The van der Waals surface area contributed by atoms with Crippen LogP contribution in [0.1, 0.15) is 0 Å². The molecule has 1 aromatic carbocycles. The van der Waals surface area contributed by atoms with Crippen LogP contribution in [0.25, 0.3) is 0 Å². The molecule has 0 aliphatic carbocycles. The monoisotopic (exact) mass is 376 g/mol. The number of hydrazine groups is 1. The van der Waals surface area contributed by atoms with Crippen LogP contribution in [0.2, 0.25) is 5.02 Å². The Hall–Kier alpha value is -1.35. The average molecular weight is 378 g/mol. The molecular weight excluding hydrogens is 368 g/mol. The number of aromatic nitrogens is 1. The lowest BCUT2D eigenvalue weighted by Crippen LogP contribution is -2.18. The first-order valence-electron chi connectivity index (χ1n) is 5.32. The summed E-state index contributed by atoms with van der Waals surface area (Å²) < 4.78 is 27.7. The van der Waals surface area contributed by atoms with Gasteiger partial charge in [0, 0.05) is 21.9 Å². The predicted octanol–water partition coefficient (Wildman–Crippen LogP) is 2.58. The molecule has 0 radical (unpaired) electrons. The Labute approximate surface area is 129 Å². The molecule has 2 aromatic rings. The van der Waals surface area contributed by atoms with Gasteiger partial charge in [-0.1, -0.05) is 11.6 Å². The lowest BCUT2D eigenvalue weighted by Gasteiger charge is -2.12. The van der Waals surface area contributed by atoms with Gasteiger partial charge in [-0.05, 0) is 40.2 Å². The summed E-state index contributed by atoms with van der Waals surface area (Å²) in [7, 11) is -3.84. The van der Waals surface area contributed by atoms with E-state index in [-0.39, 0.29) is 10.6 Å². The number of hydrogen-bond donors (Lipinski definition) is 3. The molecule has 0 amide bonds. The molecule has 106 valence electrons. The van der Waals surface area contributed by atoms with Crippen LogP contribution in [0.3, 0.4) is 0 Å². The third kappa shape index (κ3) is 3.21. The van der Waals surface area contributed by atoms with Crippen LogP contribution in [0.15, 0.2) is 46.0 Å². The number of nitrogens with two attached hydrogens (primary N) is 1. The summed E-state index contributed by atoms with van der Waals surface area (Å²) in [4.78, 5) is 3.73. The molecule has 0 saturated heterocycles. The van der Waals surface area contributed by atoms with Gasteiger partial charge in [0.05, 0.1) is 11.4 Å². The SMILES string of the molecule is NNc1ccncc1S(=O)(=O)Nc1cc(Cl)ccc1Br. The van der Waals surface area contributed by atoms with E-state index < -0.39 is 10.0 Å². The first-order chi connectivity index (χ1) is 9.44. The van der Waals surface area contributed by atoms with Crippen LogP contribution in [0, 0.1) is 0 Å². The zero-order chi connectivity index (χ0) is 14.8. The van der Waals surface area contributed by atoms with Crippen molar-refractivity contribution in [1.82, 2.24) is 4.98 Å². The van der Waals surface area contributed by atoms with Gasteiger partial charge in [0.2, 0.25) is 0 Å². The summed E-state index contributed by atoms with van der Waals surface area (Å²) in [5.74, 6) is 5.29. The maximum Gasteiger partial charge on any atom is 0.265 e. The van der Waals surface area contributed by atoms with E-state index in [1.165, 1.54) is 24.5 Å². The average Bonchev–Trinajstić information content (AvgIpc) is 2.42. The third-order valence-electron chi connectivity index (χ3n) is 2.40. The number of nitrogens with zero attached hydrogens (tertiary/aromatic N) is 1. The summed E-state index contributed by atoms with van der Waals surface area (Å²) in [5, 5.41) is 0.411. The normalized spacial score (nSPS) is 11.2. The Morgan fingerprint density at radius 2 is 2.00 bits per heavy atom. The molecule has 1 aromatic heterocycles. The molecular formula is C11H10BrClN4O2S. The highest BCUT2D eigenvalue weighted by Crippen LogP contribution is 2.29. The highest BCUT2D eigenvalue weighted by Gasteiger charge is 2.19. The molecule has 9 heteroatoms. The van der Waals surface area contributed by atoms with Gasteiger partial charge in [0.15, 0.2) is 0 Å². The highest BCUT2D eigenvalue weighted by molar-refractivity contribution is 9.10. The van der Waals surface area contributed by atoms with E-state index in [0.717, 1.165) is 0 Å². The lowest BCUT2D eigenvalue weighted by molar-refractivity contribution is 0.601. The molecule has 0 unspecified atom stereocenters. The minimum Gasteiger partial charge on any atom is -0.323 e. The smallest absolute Gasteiger partial charge is 0.265 e. The molecule has 20 heavy (non-hydrogen) atoms. The number of pyridine rings is 1. The zero-order valence-electron chi connectivity index (χ0n) is 9.97. The van der Waals surface area contributed by atoms with Crippen LogP contribution in [-0.2, 0) is 10.0 Å². The first-order valence-corrected chi connectivity index (χ1v) is 7.98. The second-order valence-corrected chi connectivity index (χ2v) is 6.69. The van der Waals surface area contributed by atoms with Crippen LogP contribution in [-0.4, -0.2) is 13.4 Å². The highest BCUT2D eigenvalue weighted by atomic mass is 79.9. The van der Waals surface area contributed by atoms with Gasteiger partial charge in [-0.3, -0.25) is 15.5 Å². The van der Waals surface area contributed by atoms with Crippen molar-refractivity contribution in [2.45, 2.75) is 4.90 Å². The lowest BCUT2D eigenvalue weighted by atomic mass is 10.3. The number of halogens is 2. The second-order valence-electron chi connectivity index (χ2n) is 3.75. The molecule has 6 nitrogen and oxygen atoms in total. The predicted molar refractivity (Wildman–Crippen MR) is 82.0 cm³/mol. The van der Waals surface area contributed by atoms with Gasteiger partial charge in [-0.15, -0.1) is 0 Å². The summed E-state index contributed by atoms with van der Waals surface area (Å²) in [6.07, 6.45) is 2.64. The van der Waals surface area contributed by atoms with Gasteiger partial charge >= 0.3 is 0 Å². The van der Waals surface area contributed by atoms with Crippen molar-refractivity contribution in [2.75, 3.05) is 10.1 Å². The van der Waals surface area contributed by atoms with E-state index in [1.807, 2.05) is 0 Å². The topological polar surface area (TPSA) is 97.1 Å². The Kier molecular flexibility index (Phi) is 4.48. The van der Waals surface area contributed by atoms with Gasteiger partial charge in [-0.2, -0.15) is 0 Å². The van der Waals surface area contributed by atoms with E-state index in [0.29, 0.717) is 15.2 Å². The van der Waals surface area contributed by atoms with Crippen LogP contribution < -0.4 is 16.0 Å². The quantitative estimate of drug-likeness (QED) is 0.562. The Balaban J connectivity index is 2.43. The van der Waals surface area contributed by atoms with E-state index >= 15 is 0 Å². The van der Waals surface area contributed by atoms with Crippen molar-refractivity contribution in [1.29, 1.82) is 0 Å². The summed E-state index contributed by atoms with van der Waals surface area (Å²) >= 11 is 9.10. The molecule has 0 aliphatic heterocycles. The summed E-state index contributed by atoms with van der Waals surface area (Å²) in [5.41, 5.74) is 2.88. The largest absolute Gasteiger partial charge is 0.323 e. The number of nitrogen functional groups attached to an aromatic ring is 1. The maximum absolute atomic E-state index is 12.3. The standard InChI is InChI=1S/C11H10BrClN4O2S/c12-8-2-1-7(13)5-10(8)17-20(18,19)11-6-15-4-3-9(11)16-14/h1-6,17H,14H2,(H,15,16). The molecule has 0 atom stereocenters. The zero-order valence-corrected chi connectivity index (χ0v) is 13.1. The van der Waals surface area contributed by atoms with E-state index in [9.17, 15) is 8.42 Å². The van der Waals surface area contributed by atoms with Gasteiger partial charge in [0.1, 0.15) is 4.90 Å². The fraction of sp³-hybridized carbons (Fsp3) is 0. The number of benzene rings is 1. The van der Waals surface area contributed by atoms with Gasteiger partial charge in [0.25, 0.3) is 10.0 Å². The molecule has 0 saturated carbocycles. The molecule has 0 bridgehead atoms. The second kappa shape index (κ2) is 5.96. The summed E-state index contributed by atoms with van der Waals surface area (Å²) in [6.45, 7) is 0. The van der Waals surface area contributed by atoms with E-state index in [1.54, 1.807) is 12.1 Å². The number of sulfonamides is 1. The fourth-order valence-corrected chi connectivity index (χ4v) is 3.32. The number of nitrogens with one attached hydrogen (secondary N) is 2. The van der Waals surface area contributed by atoms with Crippen LogP contribution in [0.5, 0.6) is 0 Å². The Morgan fingerprint density at radius 3 is 2.70 bits per heavy atom. The minimum absolute atomic E-state index is 0.0608. The number of rotatable bonds is 4. The first kappa shape index (κ1) is 15.0. The maximum atomic E-state index is 12.3. The van der Waals surface area contributed by atoms with Crippen LogP contribution >= 0.6 is 27.5 Å². The number of anilines is 2. The van der Waals surface area contributed by atoms with Crippen molar-refractivity contribution in [3.8, 4) is 0 Å². The number of hydrogen-bond acceptors (Lipinski definition) is 5. The summed E-state index contributed by atoms with van der Waals surface area (Å²) in [6, 6.07) is 6.24.